The van der Waals surface area contributed by atoms with Crippen LogP contribution >= 0.6 is 0 Å². The van der Waals surface area contributed by atoms with E-state index >= 15 is 0 Å². The van der Waals surface area contributed by atoms with Crippen LogP contribution in [0.15, 0.2) is 24.3 Å². The number of nitrogens with zero attached hydrogens (tertiary/aromatic N) is 3. The molecule has 2 aliphatic rings. The van der Waals surface area contributed by atoms with Crippen LogP contribution < -0.4 is 0 Å². The van der Waals surface area contributed by atoms with Gasteiger partial charge in [0, 0.05) is 45.6 Å². The van der Waals surface area contributed by atoms with E-state index in [0.717, 1.165) is 4.90 Å². The Morgan fingerprint density at radius 1 is 0.857 bits per heavy atom. The summed E-state index contributed by atoms with van der Waals surface area (Å²) in [7, 11) is 0. The molecule has 1 aromatic rings. The van der Waals surface area contributed by atoms with E-state index in [1.54, 1.807) is 34.1 Å². The summed E-state index contributed by atoms with van der Waals surface area (Å²) in [6.45, 7) is 8.18. The third-order valence-electron chi connectivity index (χ3n) is 5.09. The van der Waals surface area contributed by atoms with E-state index in [1.165, 1.54) is 0 Å². The lowest BCUT2D eigenvalue weighted by Crippen LogP contribution is -2.51. The lowest BCUT2D eigenvalue weighted by molar-refractivity contribution is -0.140. The maximum absolute atomic E-state index is 12.5. The molecule has 2 heterocycles. The summed E-state index contributed by atoms with van der Waals surface area (Å²) in [6, 6.07) is 6.70. The average Bonchev–Trinajstić information content (AvgIpc) is 2.89. The fourth-order valence-electron chi connectivity index (χ4n) is 3.58. The molecule has 0 saturated carbocycles. The molecule has 0 radical (unpaired) electrons. The Kier molecular flexibility index (Phi) is 5.54. The highest BCUT2D eigenvalue weighted by Gasteiger charge is 2.35. The number of carbonyl (C=O) groups excluding carboxylic acids is 4. The molecule has 0 aliphatic carbocycles. The molecule has 28 heavy (non-hydrogen) atoms. The van der Waals surface area contributed by atoms with Crippen LogP contribution in [-0.2, 0) is 9.59 Å². The highest BCUT2D eigenvalue weighted by molar-refractivity contribution is 6.21. The maximum Gasteiger partial charge on any atom is 0.261 e. The van der Waals surface area contributed by atoms with Gasteiger partial charge in [-0.15, -0.1) is 0 Å². The smallest absolute Gasteiger partial charge is 0.261 e. The van der Waals surface area contributed by atoms with Crippen molar-refractivity contribution in [2.75, 3.05) is 32.7 Å². The van der Waals surface area contributed by atoms with E-state index in [4.69, 9.17) is 0 Å². The van der Waals surface area contributed by atoms with Crippen LogP contribution in [0.3, 0.4) is 0 Å². The zero-order chi connectivity index (χ0) is 20.5. The number of piperazine rings is 1. The van der Waals surface area contributed by atoms with Crippen LogP contribution in [0, 0.1) is 5.41 Å². The Morgan fingerprint density at radius 2 is 1.32 bits per heavy atom. The van der Waals surface area contributed by atoms with Crippen molar-refractivity contribution in [2.45, 2.75) is 33.6 Å². The van der Waals surface area contributed by atoms with Gasteiger partial charge in [0.1, 0.15) is 0 Å². The summed E-state index contributed by atoms with van der Waals surface area (Å²) in [5.41, 5.74) is 0.730. The summed E-state index contributed by atoms with van der Waals surface area (Å²) in [5, 5.41) is 0. The standard InChI is InChI=1S/C21H27N3O4/c1-21(2,3)14-18(26)23-12-10-22(11-13-23)17(25)8-9-24-19(27)15-6-4-5-7-16(15)20(24)28/h4-7H,8-14H2,1-3H3. The summed E-state index contributed by atoms with van der Waals surface area (Å²) >= 11 is 0. The number of benzene rings is 1. The first kappa shape index (κ1) is 20.0. The molecule has 0 atom stereocenters. The normalized spacial score (nSPS) is 17.2. The third-order valence-corrected chi connectivity index (χ3v) is 5.09. The fraction of sp³-hybridized carbons (Fsp3) is 0.524. The maximum atomic E-state index is 12.5. The van der Waals surface area contributed by atoms with Crippen molar-refractivity contribution in [3.63, 3.8) is 0 Å². The van der Waals surface area contributed by atoms with Gasteiger partial charge in [0.05, 0.1) is 11.1 Å². The van der Waals surface area contributed by atoms with Crippen molar-refractivity contribution in [2.24, 2.45) is 5.41 Å². The van der Waals surface area contributed by atoms with Crippen LogP contribution in [0.5, 0.6) is 0 Å². The molecule has 2 aliphatic heterocycles. The van der Waals surface area contributed by atoms with E-state index in [9.17, 15) is 19.2 Å². The van der Waals surface area contributed by atoms with Gasteiger partial charge in [-0.2, -0.15) is 0 Å². The number of amides is 4. The summed E-state index contributed by atoms with van der Waals surface area (Å²) < 4.78 is 0. The van der Waals surface area contributed by atoms with Gasteiger partial charge in [0.2, 0.25) is 11.8 Å². The number of hydrogen-bond acceptors (Lipinski definition) is 4. The van der Waals surface area contributed by atoms with Crippen molar-refractivity contribution in [3.05, 3.63) is 35.4 Å². The summed E-state index contributed by atoms with van der Waals surface area (Å²) in [4.78, 5) is 54.2. The van der Waals surface area contributed by atoms with Crippen molar-refractivity contribution in [1.82, 2.24) is 14.7 Å². The van der Waals surface area contributed by atoms with Gasteiger partial charge in [-0.05, 0) is 17.5 Å². The summed E-state index contributed by atoms with van der Waals surface area (Å²) in [5.74, 6) is -0.665. The molecule has 1 fully saturated rings. The number of rotatable bonds is 4. The molecule has 1 aromatic carbocycles. The number of carbonyl (C=O) groups is 4. The van der Waals surface area contributed by atoms with E-state index in [2.05, 4.69) is 0 Å². The molecule has 4 amide bonds. The average molecular weight is 385 g/mol. The van der Waals surface area contributed by atoms with Crippen LogP contribution in [0.2, 0.25) is 0 Å². The van der Waals surface area contributed by atoms with Gasteiger partial charge >= 0.3 is 0 Å². The minimum Gasteiger partial charge on any atom is -0.339 e. The molecule has 7 nitrogen and oxygen atoms in total. The number of hydrogen-bond donors (Lipinski definition) is 0. The highest BCUT2D eigenvalue weighted by atomic mass is 16.2. The Bertz CT molecular complexity index is 769. The fourth-order valence-corrected chi connectivity index (χ4v) is 3.58. The van der Waals surface area contributed by atoms with Crippen molar-refractivity contribution < 1.29 is 19.2 Å². The van der Waals surface area contributed by atoms with Gasteiger partial charge < -0.3 is 9.80 Å². The zero-order valence-corrected chi connectivity index (χ0v) is 16.7. The zero-order valence-electron chi connectivity index (χ0n) is 16.7. The lowest BCUT2D eigenvalue weighted by atomic mass is 9.91. The largest absolute Gasteiger partial charge is 0.339 e. The predicted octanol–water partition coefficient (Wildman–Crippen LogP) is 1.78. The molecular formula is C21H27N3O4. The van der Waals surface area contributed by atoms with Crippen LogP contribution in [0.25, 0.3) is 0 Å². The number of imide groups is 1. The molecule has 1 saturated heterocycles. The molecular weight excluding hydrogens is 358 g/mol. The van der Waals surface area contributed by atoms with Crippen molar-refractivity contribution in [3.8, 4) is 0 Å². The summed E-state index contributed by atoms with van der Waals surface area (Å²) in [6.07, 6.45) is 0.585. The predicted molar refractivity (Wildman–Crippen MR) is 104 cm³/mol. The first-order chi connectivity index (χ1) is 13.2. The Hall–Kier alpha value is -2.70. The highest BCUT2D eigenvalue weighted by Crippen LogP contribution is 2.23. The molecule has 150 valence electrons. The molecule has 0 spiro atoms. The monoisotopic (exact) mass is 385 g/mol. The van der Waals surface area contributed by atoms with Crippen molar-refractivity contribution in [1.29, 1.82) is 0 Å². The Balaban J connectivity index is 1.49. The second kappa shape index (κ2) is 7.73. The molecule has 0 bridgehead atoms. The van der Waals surface area contributed by atoms with Crippen LogP contribution in [0.1, 0.15) is 54.3 Å². The van der Waals surface area contributed by atoms with Gasteiger partial charge in [-0.25, -0.2) is 0 Å². The quantitative estimate of drug-likeness (QED) is 0.740. The first-order valence-electron chi connectivity index (χ1n) is 9.68. The van der Waals surface area contributed by atoms with Gasteiger partial charge in [0.25, 0.3) is 11.8 Å². The van der Waals surface area contributed by atoms with Crippen LogP contribution in [-0.4, -0.2) is 71.1 Å². The lowest BCUT2D eigenvalue weighted by Gasteiger charge is -2.36. The molecule has 0 aromatic heterocycles. The second-order valence-electron chi connectivity index (χ2n) is 8.56. The minimum atomic E-state index is -0.342. The Morgan fingerprint density at radius 3 is 1.79 bits per heavy atom. The molecule has 7 heteroatoms. The minimum absolute atomic E-state index is 0.0591. The Labute approximate surface area is 165 Å². The van der Waals surface area contributed by atoms with E-state index in [-0.39, 0.29) is 42.0 Å². The van der Waals surface area contributed by atoms with E-state index in [0.29, 0.717) is 43.7 Å². The molecule has 0 N–H and O–H groups in total. The topological polar surface area (TPSA) is 78.0 Å². The van der Waals surface area contributed by atoms with Gasteiger partial charge in [-0.1, -0.05) is 32.9 Å². The molecule has 3 rings (SSSR count). The van der Waals surface area contributed by atoms with Gasteiger partial charge in [0.15, 0.2) is 0 Å². The third kappa shape index (κ3) is 4.24. The molecule has 0 unspecified atom stereocenters. The van der Waals surface area contributed by atoms with Crippen LogP contribution in [0.4, 0.5) is 0 Å². The van der Waals surface area contributed by atoms with Gasteiger partial charge in [-0.3, -0.25) is 24.1 Å². The van der Waals surface area contributed by atoms with Crippen molar-refractivity contribution >= 4 is 23.6 Å². The van der Waals surface area contributed by atoms with E-state index in [1.807, 2.05) is 20.8 Å². The SMILES string of the molecule is CC(C)(C)CC(=O)N1CCN(C(=O)CCN2C(=O)c3ccccc3C2=O)CC1. The number of fused-ring (bicyclic) bond motifs is 1. The first-order valence-corrected chi connectivity index (χ1v) is 9.68. The van der Waals surface area contributed by atoms with E-state index < -0.39 is 0 Å². The second-order valence-corrected chi connectivity index (χ2v) is 8.56.